The summed E-state index contributed by atoms with van der Waals surface area (Å²) < 4.78 is 0. The van der Waals surface area contributed by atoms with Gasteiger partial charge in [0, 0.05) is 12.4 Å². The minimum Gasteiger partial charge on any atom is -0.331 e. The van der Waals surface area contributed by atoms with Crippen LogP contribution >= 0.6 is 11.3 Å². The largest absolute Gasteiger partial charge is 0.331 e. The maximum Gasteiger partial charge on any atom is 0.229 e. The molecule has 0 aliphatic heterocycles. The summed E-state index contributed by atoms with van der Waals surface area (Å²) in [4.78, 5) is 27.4. The molecule has 27 heavy (non-hydrogen) atoms. The molecular formula is C17H16N8OS. The Morgan fingerprint density at radius 3 is 2.63 bits per heavy atom. The standard InChI is InChI=1S/C17H16N8OS/c1-25(14(15-18-9-20-23-15)11-5-3-2-4-6-11)13(26)7-12-8-27-17(22-12)16-19-10-21-24-16/h2-6,8-10,14H,7H2,1H3,(H,18,20,23)(H,19,21,24). The number of carbonyl (C=O) groups is 1. The predicted octanol–water partition coefficient (Wildman–Crippen LogP) is 1.84. The molecule has 0 radical (unpaired) electrons. The average molecular weight is 380 g/mol. The van der Waals surface area contributed by atoms with E-state index in [0.29, 0.717) is 22.4 Å². The van der Waals surface area contributed by atoms with Gasteiger partial charge in [-0.1, -0.05) is 30.3 Å². The van der Waals surface area contributed by atoms with E-state index in [9.17, 15) is 4.79 Å². The molecule has 0 bridgehead atoms. The van der Waals surface area contributed by atoms with Crippen LogP contribution < -0.4 is 0 Å². The fourth-order valence-corrected chi connectivity index (χ4v) is 3.54. The van der Waals surface area contributed by atoms with Crippen molar-refractivity contribution < 1.29 is 4.79 Å². The quantitative estimate of drug-likeness (QED) is 0.527. The first kappa shape index (κ1) is 17.0. The van der Waals surface area contributed by atoms with Crippen molar-refractivity contribution in [1.82, 2.24) is 40.2 Å². The molecule has 1 unspecified atom stereocenters. The SMILES string of the molecule is CN(C(=O)Cc1csc(-c2ncn[nH]2)n1)C(c1ccccc1)c1ncn[nH]1. The number of aromatic amines is 2. The van der Waals surface area contributed by atoms with E-state index in [4.69, 9.17) is 0 Å². The molecule has 4 rings (SSSR count). The Bertz CT molecular complexity index is 997. The third-order valence-corrected chi connectivity index (χ3v) is 4.99. The molecule has 0 spiro atoms. The summed E-state index contributed by atoms with van der Waals surface area (Å²) in [5.74, 6) is 1.13. The number of hydrogen-bond donors (Lipinski definition) is 2. The number of H-pyrrole nitrogens is 2. The van der Waals surface area contributed by atoms with Crippen LogP contribution in [0, 0.1) is 0 Å². The smallest absolute Gasteiger partial charge is 0.229 e. The molecular weight excluding hydrogens is 364 g/mol. The van der Waals surface area contributed by atoms with Crippen LogP contribution in [0.3, 0.4) is 0 Å². The highest BCUT2D eigenvalue weighted by Gasteiger charge is 2.26. The first-order valence-corrected chi connectivity index (χ1v) is 9.06. The summed E-state index contributed by atoms with van der Waals surface area (Å²) in [5, 5.41) is 15.9. The zero-order valence-corrected chi connectivity index (χ0v) is 15.2. The van der Waals surface area contributed by atoms with Crippen molar-refractivity contribution in [3.63, 3.8) is 0 Å². The monoisotopic (exact) mass is 380 g/mol. The number of hydrogen-bond acceptors (Lipinski definition) is 7. The minimum atomic E-state index is -0.353. The van der Waals surface area contributed by atoms with Gasteiger partial charge < -0.3 is 4.90 Å². The number of carbonyl (C=O) groups excluding carboxylic acids is 1. The van der Waals surface area contributed by atoms with Crippen LogP contribution in [0.4, 0.5) is 0 Å². The van der Waals surface area contributed by atoms with Crippen LogP contribution in [0.15, 0.2) is 48.4 Å². The Morgan fingerprint density at radius 1 is 1.15 bits per heavy atom. The van der Waals surface area contributed by atoms with Crippen LogP contribution in [-0.4, -0.2) is 53.2 Å². The molecule has 10 heteroatoms. The summed E-state index contributed by atoms with van der Waals surface area (Å²) in [6.07, 6.45) is 3.05. The molecule has 0 saturated carbocycles. The Hall–Kier alpha value is -3.40. The molecule has 0 fully saturated rings. The fraction of sp³-hybridized carbons (Fsp3) is 0.176. The zero-order valence-electron chi connectivity index (χ0n) is 14.4. The molecule has 0 saturated heterocycles. The number of rotatable bonds is 6. The van der Waals surface area contributed by atoms with Crippen molar-refractivity contribution in [1.29, 1.82) is 0 Å². The topological polar surface area (TPSA) is 116 Å². The van der Waals surface area contributed by atoms with Crippen molar-refractivity contribution in [2.45, 2.75) is 12.5 Å². The van der Waals surface area contributed by atoms with Crippen molar-refractivity contribution in [2.75, 3.05) is 7.05 Å². The Labute approximate surface area is 158 Å². The number of benzene rings is 1. The number of likely N-dealkylation sites (N-methyl/N-ethyl adjacent to an activating group) is 1. The minimum absolute atomic E-state index is 0.0744. The van der Waals surface area contributed by atoms with E-state index in [1.165, 1.54) is 24.0 Å². The lowest BCUT2D eigenvalue weighted by atomic mass is 10.0. The average Bonchev–Trinajstić information content (AvgIpc) is 3.45. The number of thiazole rings is 1. The van der Waals surface area contributed by atoms with Gasteiger partial charge in [0.05, 0.1) is 12.1 Å². The van der Waals surface area contributed by atoms with E-state index >= 15 is 0 Å². The molecule has 0 aliphatic rings. The molecule has 4 aromatic rings. The van der Waals surface area contributed by atoms with Crippen LogP contribution in [0.1, 0.15) is 23.1 Å². The Morgan fingerprint density at radius 2 is 1.93 bits per heavy atom. The summed E-state index contributed by atoms with van der Waals surface area (Å²) in [6, 6.07) is 9.36. The molecule has 1 aromatic carbocycles. The molecule has 1 atom stereocenters. The summed E-state index contributed by atoms with van der Waals surface area (Å²) in [7, 11) is 1.76. The summed E-state index contributed by atoms with van der Waals surface area (Å²) in [6.45, 7) is 0. The highest BCUT2D eigenvalue weighted by atomic mass is 32.1. The van der Waals surface area contributed by atoms with Crippen LogP contribution in [0.5, 0.6) is 0 Å². The van der Waals surface area contributed by atoms with Crippen LogP contribution in [-0.2, 0) is 11.2 Å². The summed E-state index contributed by atoms with van der Waals surface area (Å²) >= 11 is 1.42. The Balaban J connectivity index is 1.55. The third-order valence-electron chi connectivity index (χ3n) is 4.09. The highest BCUT2D eigenvalue weighted by Crippen LogP contribution is 2.26. The number of amides is 1. The first-order valence-electron chi connectivity index (χ1n) is 8.18. The number of nitrogens with one attached hydrogen (secondary N) is 2. The molecule has 136 valence electrons. The van der Waals surface area contributed by atoms with Crippen molar-refractivity contribution in [2.24, 2.45) is 0 Å². The molecule has 2 N–H and O–H groups in total. The lowest BCUT2D eigenvalue weighted by Crippen LogP contribution is -2.33. The van der Waals surface area contributed by atoms with Gasteiger partial charge in [-0.15, -0.1) is 11.3 Å². The van der Waals surface area contributed by atoms with E-state index < -0.39 is 0 Å². The fourth-order valence-electron chi connectivity index (χ4n) is 2.78. The predicted molar refractivity (Wildman–Crippen MR) is 98.6 cm³/mol. The van der Waals surface area contributed by atoms with E-state index in [0.717, 1.165) is 5.56 Å². The van der Waals surface area contributed by atoms with Gasteiger partial charge >= 0.3 is 0 Å². The van der Waals surface area contributed by atoms with Gasteiger partial charge in [-0.2, -0.15) is 10.2 Å². The summed E-state index contributed by atoms with van der Waals surface area (Å²) in [5.41, 5.74) is 1.64. The van der Waals surface area contributed by atoms with Gasteiger partial charge in [0.25, 0.3) is 0 Å². The maximum atomic E-state index is 12.9. The normalized spacial score (nSPS) is 12.0. The van der Waals surface area contributed by atoms with E-state index in [1.54, 1.807) is 11.9 Å². The van der Waals surface area contributed by atoms with Crippen molar-refractivity contribution in [3.05, 3.63) is 65.4 Å². The molecule has 3 heterocycles. The van der Waals surface area contributed by atoms with Crippen LogP contribution in [0.2, 0.25) is 0 Å². The second kappa shape index (κ2) is 7.46. The molecule has 0 aliphatic carbocycles. The third kappa shape index (κ3) is 3.60. The highest BCUT2D eigenvalue weighted by molar-refractivity contribution is 7.13. The lowest BCUT2D eigenvalue weighted by Gasteiger charge is -2.26. The van der Waals surface area contributed by atoms with Gasteiger partial charge in [0.15, 0.2) is 16.7 Å². The van der Waals surface area contributed by atoms with E-state index in [-0.39, 0.29) is 18.4 Å². The lowest BCUT2D eigenvalue weighted by molar-refractivity contribution is -0.130. The van der Waals surface area contributed by atoms with Gasteiger partial charge in [0.1, 0.15) is 18.7 Å². The maximum absolute atomic E-state index is 12.9. The van der Waals surface area contributed by atoms with Gasteiger partial charge in [-0.25, -0.2) is 15.0 Å². The number of aromatic nitrogens is 7. The second-order valence-electron chi connectivity index (χ2n) is 5.84. The van der Waals surface area contributed by atoms with Crippen molar-refractivity contribution >= 4 is 17.2 Å². The molecule has 1 amide bonds. The van der Waals surface area contributed by atoms with Crippen molar-refractivity contribution in [3.8, 4) is 10.8 Å². The second-order valence-corrected chi connectivity index (χ2v) is 6.70. The zero-order chi connectivity index (χ0) is 18.6. The Kier molecular flexibility index (Phi) is 4.71. The van der Waals surface area contributed by atoms with Gasteiger partial charge in [0.2, 0.25) is 5.91 Å². The first-order chi connectivity index (χ1) is 13.2. The van der Waals surface area contributed by atoms with Gasteiger partial charge in [-0.05, 0) is 5.56 Å². The molecule has 9 nitrogen and oxygen atoms in total. The van der Waals surface area contributed by atoms with Crippen LogP contribution in [0.25, 0.3) is 10.8 Å². The number of nitrogens with zero attached hydrogens (tertiary/aromatic N) is 6. The van der Waals surface area contributed by atoms with Gasteiger partial charge in [-0.3, -0.25) is 15.0 Å². The molecule has 3 aromatic heterocycles. The van der Waals surface area contributed by atoms with E-state index in [1.807, 2.05) is 35.7 Å². The van der Waals surface area contributed by atoms with E-state index in [2.05, 4.69) is 35.3 Å².